The van der Waals surface area contributed by atoms with E-state index in [0.717, 1.165) is 0 Å². The maximum atomic E-state index is 10.5. The Labute approximate surface area is 81.7 Å². The maximum absolute atomic E-state index is 10.5. The Hall–Kier alpha value is -0.980. The van der Waals surface area contributed by atoms with Crippen molar-refractivity contribution in [3.8, 4) is 0 Å². The van der Waals surface area contributed by atoms with Crippen LogP contribution < -0.4 is 0 Å². The van der Waals surface area contributed by atoms with Crippen LogP contribution in [0.1, 0.15) is 19.8 Å². The van der Waals surface area contributed by atoms with Crippen LogP contribution in [0.5, 0.6) is 0 Å². The van der Waals surface area contributed by atoms with Crippen molar-refractivity contribution in [3.05, 3.63) is 0 Å². The van der Waals surface area contributed by atoms with Crippen LogP contribution in [0.3, 0.4) is 0 Å². The summed E-state index contributed by atoms with van der Waals surface area (Å²) in [5, 5.41) is 8.27. The van der Waals surface area contributed by atoms with Crippen molar-refractivity contribution < 1.29 is 29.2 Å². The average Bonchev–Trinajstić information content (AvgIpc) is 2.17. The van der Waals surface area contributed by atoms with E-state index in [9.17, 15) is 9.59 Å². The van der Waals surface area contributed by atoms with Crippen molar-refractivity contribution in [2.24, 2.45) is 0 Å². The molecule has 82 valence electrons. The van der Waals surface area contributed by atoms with Crippen molar-refractivity contribution in [1.29, 1.82) is 0 Å². The molecule has 6 heteroatoms. The zero-order valence-corrected chi connectivity index (χ0v) is 8.13. The van der Waals surface area contributed by atoms with Gasteiger partial charge in [-0.3, -0.25) is 9.59 Å². The molecule has 0 amide bonds. The summed E-state index contributed by atoms with van der Waals surface area (Å²) in [7, 11) is 1.35. The van der Waals surface area contributed by atoms with Gasteiger partial charge in [0.05, 0.1) is 0 Å². The zero-order valence-electron chi connectivity index (χ0n) is 8.13. The molecule has 0 spiro atoms. The second-order valence-corrected chi connectivity index (χ2v) is 2.63. The van der Waals surface area contributed by atoms with E-state index in [2.05, 4.69) is 14.4 Å². The molecule has 0 aromatic heterocycles. The van der Waals surface area contributed by atoms with Crippen LogP contribution in [0, 0.1) is 0 Å². The SMILES string of the molecule is COC(CCC(C=O)OC(C)=O)OO. The number of methoxy groups -OCH3 is 1. The Balaban J connectivity index is 3.81. The summed E-state index contributed by atoms with van der Waals surface area (Å²) in [5.74, 6) is -0.527. The normalized spacial score (nSPS) is 14.5. The summed E-state index contributed by atoms with van der Waals surface area (Å²) < 4.78 is 9.31. The molecule has 0 aliphatic heterocycles. The monoisotopic (exact) mass is 206 g/mol. The molecule has 14 heavy (non-hydrogen) atoms. The van der Waals surface area contributed by atoms with E-state index < -0.39 is 18.4 Å². The van der Waals surface area contributed by atoms with Crippen LogP contribution in [-0.4, -0.2) is 37.0 Å². The van der Waals surface area contributed by atoms with Crippen LogP contribution in [-0.2, 0) is 24.0 Å². The molecule has 0 bridgehead atoms. The van der Waals surface area contributed by atoms with Crippen LogP contribution in [0.2, 0.25) is 0 Å². The molecule has 0 aromatic rings. The molecule has 0 saturated heterocycles. The quantitative estimate of drug-likeness (QED) is 0.213. The summed E-state index contributed by atoms with van der Waals surface area (Å²) in [6.45, 7) is 1.22. The lowest BCUT2D eigenvalue weighted by Crippen LogP contribution is -2.22. The van der Waals surface area contributed by atoms with E-state index in [1.807, 2.05) is 0 Å². The van der Waals surface area contributed by atoms with Crippen LogP contribution >= 0.6 is 0 Å². The predicted molar refractivity (Wildman–Crippen MR) is 45.4 cm³/mol. The number of rotatable bonds is 7. The van der Waals surface area contributed by atoms with Crippen molar-refractivity contribution >= 4 is 12.3 Å². The number of hydrogen-bond donors (Lipinski definition) is 1. The first-order valence-electron chi connectivity index (χ1n) is 4.09. The Morgan fingerprint density at radius 3 is 2.50 bits per heavy atom. The second kappa shape index (κ2) is 7.43. The fourth-order valence-electron chi connectivity index (χ4n) is 0.882. The molecule has 0 aliphatic rings. The summed E-state index contributed by atoms with van der Waals surface area (Å²) in [4.78, 5) is 24.8. The Bertz CT molecular complexity index is 177. The van der Waals surface area contributed by atoms with Gasteiger partial charge in [0.1, 0.15) is 0 Å². The Morgan fingerprint density at radius 2 is 2.14 bits per heavy atom. The number of hydrogen-bond acceptors (Lipinski definition) is 6. The number of esters is 1. The molecule has 1 N–H and O–H groups in total. The third-order valence-corrected chi connectivity index (χ3v) is 1.54. The van der Waals surface area contributed by atoms with Gasteiger partial charge in [0.15, 0.2) is 18.7 Å². The lowest BCUT2D eigenvalue weighted by Gasteiger charge is -2.14. The van der Waals surface area contributed by atoms with E-state index in [0.29, 0.717) is 6.29 Å². The average molecular weight is 206 g/mol. The highest BCUT2D eigenvalue weighted by Gasteiger charge is 2.14. The van der Waals surface area contributed by atoms with Gasteiger partial charge in [-0.05, 0) is 6.42 Å². The molecular weight excluding hydrogens is 192 g/mol. The summed E-state index contributed by atoms with van der Waals surface area (Å²) in [6.07, 6.45) is -0.620. The predicted octanol–water partition coefficient (Wildman–Crippen LogP) is 0.359. The first-order valence-corrected chi connectivity index (χ1v) is 4.09. The first-order chi connectivity index (χ1) is 6.63. The Kier molecular flexibility index (Phi) is 6.91. The first kappa shape index (κ1) is 13.0. The number of ether oxygens (including phenoxy) is 2. The molecule has 0 heterocycles. The number of carbonyl (C=O) groups excluding carboxylic acids is 2. The molecule has 6 nitrogen and oxygen atoms in total. The topological polar surface area (TPSA) is 82.1 Å². The highest BCUT2D eigenvalue weighted by atomic mass is 17.1. The molecule has 2 atom stereocenters. The van der Waals surface area contributed by atoms with Gasteiger partial charge in [-0.2, -0.15) is 0 Å². The largest absolute Gasteiger partial charge is 0.455 e. The minimum Gasteiger partial charge on any atom is -0.455 e. The van der Waals surface area contributed by atoms with Gasteiger partial charge in [0.25, 0.3) is 0 Å². The fourth-order valence-corrected chi connectivity index (χ4v) is 0.882. The van der Waals surface area contributed by atoms with Gasteiger partial charge in [-0.1, -0.05) is 0 Å². The van der Waals surface area contributed by atoms with E-state index in [1.54, 1.807) is 0 Å². The highest BCUT2D eigenvalue weighted by molar-refractivity contribution is 5.69. The van der Waals surface area contributed by atoms with Crippen LogP contribution in [0.25, 0.3) is 0 Å². The third kappa shape index (κ3) is 5.63. The van der Waals surface area contributed by atoms with Gasteiger partial charge in [0.2, 0.25) is 0 Å². The van der Waals surface area contributed by atoms with Gasteiger partial charge >= 0.3 is 5.97 Å². The number of carbonyl (C=O) groups is 2. The lowest BCUT2D eigenvalue weighted by atomic mass is 10.2. The minimum absolute atomic E-state index is 0.238. The molecular formula is C8H14O6. The van der Waals surface area contributed by atoms with Crippen molar-refractivity contribution in [3.63, 3.8) is 0 Å². The third-order valence-electron chi connectivity index (χ3n) is 1.54. The molecule has 0 aliphatic carbocycles. The molecule has 0 saturated carbocycles. The summed E-state index contributed by atoms with van der Waals surface area (Å²) in [5.41, 5.74) is 0. The molecule has 0 rings (SSSR count). The van der Waals surface area contributed by atoms with E-state index in [4.69, 9.17) is 5.26 Å². The van der Waals surface area contributed by atoms with E-state index >= 15 is 0 Å². The molecule has 2 unspecified atom stereocenters. The van der Waals surface area contributed by atoms with Crippen LogP contribution in [0.4, 0.5) is 0 Å². The van der Waals surface area contributed by atoms with Crippen molar-refractivity contribution in [1.82, 2.24) is 0 Å². The fraction of sp³-hybridized carbons (Fsp3) is 0.750. The highest BCUT2D eigenvalue weighted by Crippen LogP contribution is 2.06. The lowest BCUT2D eigenvalue weighted by molar-refractivity contribution is -0.342. The van der Waals surface area contributed by atoms with Gasteiger partial charge in [-0.15, -0.1) is 0 Å². The summed E-state index contributed by atoms with van der Waals surface area (Å²) >= 11 is 0. The van der Waals surface area contributed by atoms with Gasteiger partial charge < -0.3 is 9.47 Å². The van der Waals surface area contributed by atoms with Crippen molar-refractivity contribution in [2.75, 3.05) is 7.11 Å². The molecule has 0 radical (unpaired) electrons. The molecule has 0 fully saturated rings. The van der Waals surface area contributed by atoms with Gasteiger partial charge in [-0.25, -0.2) is 10.1 Å². The number of aldehydes is 1. The van der Waals surface area contributed by atoms with Crippen LogP contribution in [0.15, 0.2) is 0 Å². The van der Waals surface area contributed by atoms with Crippen molar-refractivity contribution in [2.45, 2.75) is 32.2 Å². The van der Waals surface area contributed by atoms with Gasteiger partial charge in [0, 0.05) is 20.5 Å². The maximum Gasteiger partial charge on any atom is 0.303 e. The smallest absolute Gasteiger partial charge is 0.303 e. The zero-order chi connectivity index (χ0) is 11.0. The van der Waals surface area contributed by atoms with E-state index in [1.165, 1.54) is 14.0 Å². The Morgan fingerprint density at radius 1 is 1.50 bits per heavy atom. The summed E-state index contributed by atoms with van der Waals surface area (Å²) in [6, 6.07) is 0. The second-order valence-electron chi connectivity index (χ2n) is 2.63. The standard InChI is InChI=1S/C8H14O6/c1-6(10)13-7(5-9)3-4-8(12-2)14-11/h5,7-8,11H,3-4H2,1-2H3. The minimum atomic E-state index is -0.819. The molecule has 0 aromatic carbocycles. The van der Waals surface area contributed by atoms with E-state index in [-0.39, 0.29) is 12.8 Å².